The van der Waals surface area contributed by atoms with E-state index in [0.717, 1.165) is 30.4 Å². The molecule has 0 saturated heterocycles. The minimum Gasteiger partial charge on any atom is -0.394 e. The molecule has 10 nitrogen and oxygen atoms in total. The summed E-state index contributed by atoms with van der Waals surface area (Å²) in [4.78, 5) is 34.5. The summed E-state index contributed by atoms with van der Waals surface area (Å²) in [5, 5.41) is 39.2. The molecule has 3 atom stereocenters. The third-order valence-corrected chi connectivity index (χ3v) is 5.18. The quantitative estimate of drug-likeness (QED) is 0.296. The Morgan fingerprint density at radius 1 is 1.07 bits per heavy atom. The highest BCUT2D eigenvalue weighted by Gasteiger charge is 2.27. The Morgan fingerprint density at radius 2 is 1.80 bits per heavy atom. The summed E-state index contributed by atoms with van der Waals surface area (Å²) in [6.45, 7) is 3.06. The number of aryl methyl sites for hydroxylation is 2. The van der Waals surface area contributed by atoms with Crippen molar-refractivity contribution in [2.45, 2.75) is 58.0 Å². The minimum absolute atomic E-state index is 0.0358. The van der Waals surface area contributed by atoms with Gasteiger partial charge in [0.15, 0.2) is 11.5 Å². The highest BCUT2D eigenvalue weighted by Crippen LogP contribution is 2.26. The molecule has 0 amide bonds. The monoisotopic (exact) mass is 418 g/mol. The van der Waals surface area contributed by atoms with Crippen LogP contribution in [0.25, 0.3) is 22.6 Å². The largest absolute Gasteiger partial charge is 0.394 e. The van der Waals surface area contributed by atoms with Crippen molar-refractivity contribution in [3.05, 3.63) is 44.1 Å². The van der Waals surface area contributed by atoms with E-state index in [4.69, 9.17) is 5.11 Å². The van der Waals surface area contributed by atoms with Gasteiger partial charge in [-0.05, 0) is 36.1 Å². The average molecular weight is 418 g/mol. The van der Waals surface area contributed by atoms with Gasteiger partial charge in [-0.2, -0.15) is 4.98 Å². The van der Waals surface area contributed by atoms with Crippen LogP contribution in [0.3, 0.4) is 0 Å². The number of aromatic nitrogens is 4. The molecule has 30 heavy (non-hydrogen) atoms. The maximum absolute atomic E-state index is 12.3. The minimum atomic E-state index is -1.64. The van der Waals surface area contributed by atoms with E-state index in [9.17, 15) is 24.9 Å². The lowest BCUT2D eigenvalue weighted by Gasteiger charge is -2.25. The Labute approximate surface area is 171 Å². The molecular formula is C20H26N4O6. The van der Waals surface area contributed by atoms with E-state index >= 15 is 0 Å². The number of nitrogens with zero attached hydrogens (tertiary/aromatic N) is 3. The first-order valence-electron chi connectivity index (χ1n) is 9.92. The van der Waals surface area contributed by atoms with E-state index in [0.29, 0.717) is 11.0 Å². The smallest absolute Gasteiger partial charge is 0.349 e. The van der Waals surface area contributed by atoms with Crippen LogP contribution >= 0.6 is 0 Å². The van der Waals surface area contributed by atoms with Gasteiger partial charge in [-0.3, -0.25) is 9.78 Å². The van der Waals surface area contributed by atoms with Crippen LogP contribution in [0.2, 0.25) is 0 Å². The molecule has 5 N–H and O–H groups in total. The van der Waals surface area contributed by atoms with Crippen molar-refractivity contribution in [1.82, 2.24) is 19.5 Å². The molecular weight excluding hydrogens is 392 g/mol. The van der Waals surface area contributed by atoms with E-state index < -0.39 is 36.2 Å². The van der Waals surface area contributed by atoms with Gasteiger partial charge in [0.05, 0.1) is 24.2 Å². The maximum atomic E-state index is 12.3. The van der Waals surface area contributed by atoms with Gasteiger partial charge in [0.2, 0.25) is 0 Å². The van der Waals surface area contributed by atoms with E-state index in [1.807, 2.05) is 19.1 Å². The van der Waals surface area contributed by atoms with Gasteiger partial charge >= 0.3 is 5.69 Å². The Hall–Kier alpha value is -2.66. The van der Waals surface area contributed by atoms with Crippen LogP contribution in [0.4, 0.5) is 0 Å². The number of benzene rings is 1. The topological polar surface area (TPSA) is 162 Å². The van der Waals surface area contributed by atoms with Gasteiger partial charge in [0, 0.05) is 0 Å². The van der Waals surface area contributed by atoms with Crippen molar-refractivity contribution in [3.63, 3.8) is 0 Å². The third-order valence-electron chi connectivity index (χ3n) is 5.18. The maximum Gasteiger partial charge on any atom is 0.349 e. The van der Waals surface area contributed by atoms with Crippen LogP contribution in [0.1, 0.15) is 31.4 Å². The van der Waals surface area contributed by atoms with Crippen molar-refractivity contribution >= 4 is 11.0 Å². The summed E-state index contributed by atoms with van der Waals surface area (Å²) in [6, 6.07) is 3.76. The second kappa shape index (κ2) is 9.00. The van der Waals surface area contributed by atoms with Crippen LogP contribution in [0, 0.1) is 0 Å². The van der Waals surface area contributed by atoms with E-state index in [2.05, 4.69) is 21.9 Å². The summed E-state index contributed by atoms with van der Waals surface area (Å²) in [7, 11) is 0. The zero-order chi connectivity index (χ0) is 22.0. The highest BCUT2D eigenvalue weighted by molar-refractivity contribution is 5.81. The van der Waals surface area contributed by atoms with Crippen molar-refractivity contribution in [1.29, 1.82) is 0 Å². The number of aliphatic hydroxyl groups is 4. The van der Waals surface area contributed by atoms with Gasteiger partial charge < -0.3 is 25.0 Å². The number of nitrogens with one attached hydrogen (secondary N) is 1. The van der Waals surface area contributed by atoms with Crippen LogP contribution < -0.4 is 11.2 Å². The molecule has 0 bridgehead atoms. The molecule has 10 heteroatoms. The molecule has 0 aromatic heterocycles. The fraction of sp³-hybridized carbons (Fsp3) is 0.500. The van der Waals surface area contributed by atoms with Crippen LogP contribution in [-0.4, -0.2) is 64.9 Å². The van der Waals surface area contributed by atoms with Crippen molar-refractivity contribution in [2.24, 2.45) is 0 Å². The molecule has 1 aromatic carbocycles. The SMILES string of the molecule is CCCc1cc2nc3c(=O)[nH]c(=O)nc-3n(CC(O)C(O)C(O)CO)c2cc1CC. The van der Waals surface area contributed by atoms with E-state index in [1.54, 1.807) is 0 Å². The fourth-order valence-electron chi connectivity index (χ4n) is 3.60. The molecule has 3 unspecified atom stereocenters. The lowest BCUT2D eigenvalue weighted by molar-refractivity contribution is -0.0802. The zero-order valence-electron chi connectivity index (χ0n) is 16.9. The number of aliphatic hydroxyl groups excluding tert-OH is 4. The first-order chi connectivity index (χ1) is 14.3. The molecule has 2 aliphatic rings. The van der Waals surface area contributed by atoms with Crippen molar-refractivity contribution < 1.29 is 20.4 Å². The summed E-state index contributed by atoms with van der Waals surface area (Å²) in [6.07, 6.45) is -2.18. The predicted molar refractivity (Wildman–Crippen MR) is 110 cm³/mol. The number of fused-ring (bicyclic) bond motifs is 2. The standard InChI is InChI=1S/C20H26N4O6/c1-3-5-11-6-12-13(7-10(11)4-2)24(8-14(26)17(28)15(27)9-25)18-16(21-12)19(29)23-20(30)22-18/h6-7,14-15,17,25-28H,3-5,8-9H2,1-2H3,(H,23,29,30). The molecule has 2 heterocycles. The number of aromatic amines is 1. The van der Waals surface area contributed by atoms with Gasteiger partial charge in [-0.1, -0.05) is 20.3 Å². The second-order valence-corrected chi connectivity index (χ2v) is 7.29. The summed E-state index contributed by atoms with van der Waals surface area (Å²) in [5.74, 6) is -0.0358. The Morgan fingerprint density at radius 3 is 2.43 bits per heavy atom. The number of H-pyrrole nitrogens is 1. The third kappa shape index (κ3) is 4.12. The number of rotatable bonds is 8. The first-order valence-corrected chi connectivity index (χ1v) is 9.92. The molecule has 3 rings (SSSR count). The van der Waals surface area contributed by atoms with Gasteiger partial charge in [-0.15, -0.1) is 0 Å². The number of hydrogen-bond donors (Lipinski definition) is 5. The normalized spacial score (nSPS) is 14.9. The Balaban J connectivity index is 2.29. The molecule has 0 saturated carbocycles. The molecule has 1 aromatic rings. The second-order valence-electron chi connectivity index (χ2n) is 7.29. The molecule has 0 aliphatic carbocycles. The molecule has 0 radical (unpaired) electrons. The lowest BCUT2D eigenvalue weighted by Crippen LogP contribution is -2.42. The molecule has 0 fully saturated rings. The van der Waals surface area contributed by atoms with E-state index in [-0.39, 0.29) is 18.1 Å². The molecule has 162 valence electrons. The van der Waals surface area contributed by atoms with E-state index in [1.165, 1.54) is 4.57 Å². The van der Waals surface area contributed by atoms with Gasteiger partial charge in [0.25, 0.3) is 5.56 Å². The molecule has 2 aliphatic heterocycles. The summed E-state index contributed by atoms with van der Waals surface area (Å²) < 4.78 is 1.45. The van der Waals surface area contributed by atoms with Crippen molar-refractivity contribution in [3.8, 4) is 11.5 Å². The highest BCUT2D eigenvalue weighted by atomic mass is 16.4. The average Bonchev–Trinajstić information content (AvgIpc) is 2.72. The van der Waals surface area contributed by atoms with Crippen LogP contribution in [-0.2, 0) is 19.4 Å². The van der Waals surface area contributed by atoms with Crippen molar-refractivity contribution in [2.75, 3.05) is 6.61 Å². The predicted octanol–water partition coefficient (Wildman–Crippen LogP) is -0.825. The zero-order valence-corrected chi connectivity index (χ0v) is 16.9. The fourth-order valence-corrected chi connectivity index (χ4v) is 3.60. The van der Waals surface area contributed by atoms with Crippen LogP contribution in [0.15, 0.2) is 21.7 Å². The number of hydrogen-bond acceptors (Lipinski definition) is 8. The summed E-state index contributed by atoms with van der Waals surface area (Å²) >= 11 is 0. The van der Waals surface area contributed by atoms with Crippen LogP contribution in [0.5, 0.6) is 0 Å². The lowest BCUT2D eigenvalue weighted by atomic mass is 9.99. The first kappa shape index (κ1) is 22.0. The molecule has 0 spiro atoms. The summed E-state index contributed by atoms with van der Waals surface area (Å²) in [5.41, 5.74) is 1.52. The van der Waals surface area contributed by atoms with Gasteiger partial charge in [0.1, 0.15) is 18.3 Å². The van der Waals surface area contributed by atoms with Gasteiger partial charge in [-0.25, -0.2) is 9.78 Å². The Bertz CT molecular complexity index is 1120. The Kier molecular flexibility index (Phi) is 6.61.